The molecule has 1 N–H and O–H groups in total. The lowest BCUT2D eigenvalue weighted by atomic mass is 9.89. The van der Waals surface area contributed by atoms with Crippen LogP contribution in [0.4, 0.5) is 0 Å². The van der Waals surface area contributed by atoms with Gasteiger partial charge in [0.05, 0.1) is 12.2 Å². The van der Waals surface area contributed by atoms with E-state index in [0.717, 1.165) is 56.0 Å². The third-order valence-corrected chi connectivity index (χ3v) is 4.66. The largest absolute Gasteiger partial charge is 0.494 e. The number of rotatable bonds is 6. The molecule has 2 rings (SSSR count). The first-order chi connectivity index (χ1) is 9.22. The Balaban J connectivity index is 1.88. The maximum atomic E-state index is 10.5. The maximum Gasteiger partial charge on any atom is 0.119 e. The van der Waals surface area contributed by atoms with Gasteiger partial charge in [0.1, 0.15) is 5.75 Å². The number of ether oxygens (including phenoxy) is 1. The Morgan fingerprint density at radius 1 is 1.32 bits per heavy atom. The number of hydrogen-bond donors (Lipinski definition) is 1. The lowest BCUT2D eigenvalue weighted by Gasteiger charge is -2.31. The third-order valence-electron chi connectivity index (χ3n) is 3.67. The fourth-order valence-corrected chi connectivity index (χ4v) is 3.64. The highest BCUT2D eigenvalue weighted by Crippen LogP contribution is 2.31. The first kappa shape index (κ1) is 14.7. The molecule has 0 spiro atoms. The van der Waals surface area contributed by atoms with Gasteiger partial charge in [-0.1, -0.05) is 19.1 Å². The maximum absolute atomic E-state index is 10.5. The molecular formula is C16H24O2S. The Morgan fingerprint density at radius 2 is 2.11 bits per heavy atom. The van der Waals surface area contributed by atoms with Crippen molar-refractivity contribution in [3.05, 3.63) is 29.8 Å². The van der Waals surface area contributed by atoms with Crippen molar-refractivity contribution in [1.82, 2.24) is 0 Å². The van der Waals surface area contributed by atoms with Crippen molar-refractivity contribution in [3.8, 4) is 5.75 Å². The van der Waals surface area contributed by atoms with Crippen LogP contribution in [0, 0.1) is 0 Å². The van der Waals surface area contributed by atoms with Gasteiger partial charge in [0.15, 0.2) is 0 Å². The Hall–Kier alpha value is -0.670. The minimum absolute atomic E-state index is 0.439. The minimum Gasteiger partial charge on any atom is -0.494 e. The Bertz CT molecular complexity index is 386. The summed E-state index contributed by atoms with van der Waals surface area (Å²) in [7, 11) is 0. The Morgan fingerprint density at radius 3 is 2.84 bits per heavy atom. The van der Waals surface area contributed by atoms with Crippen LogP contribution in [0.5, 0.6) is 5.75 Å². The van der Waals surface area contributed by atoms with E-state index in [0.29, 0.717) is 0 Å². The lowest BCUT2D eigenvalue weighted by molar-refractivity contribution is 0.0236. The molecule has 0 radical (unpaired) electrons. The minimum atomic E-state index is -0.439. The number of thioether (sulfide) groups is 1. The predicted molar refractivity (Wildman–Crippen MR) is 82.1 cm³/mol. The molecule has 1 saturated heterocycles. The predicted octanol–water partition coefficient (Wildman–Crippen LogP) is 3.67. The molecule has 1 aromatic carbocycles. The highest BCUT2D eigenvalue weighted by atomic mass is 32.2. The molecule has 0 aliphatic carbocycles. The molecule has 2 nitrogen and oxygen atoms in total. The van der Waals surface area contributed by atoms with E-state index in [4.69, 9.17) is 4.74 Å². The summed E-state index contributed by atoms with van der Waals surface area (Å²) in [6.45, 7) is 2.88. The average Bonchev–Trinajstić information content (AvgIpc) is 2.44. The van der Waals surface area contributed by atoms with Crippen LogP contribution in [0.15, 0.2) is 24.3 Å². The molecule has 0 saturated carbocycles. The van der Waals surface area contributed by atoms with E-state index in [1.165, 1.54) is 5.56 Å². The number of aryl methyl sites for hydroxylation is 1. The van der Waals surface area contributed by atoms with E-state index in [9.17, 15) is 5.11 Å². The molecule has 106 valence electrons. The molecular weight excluding hydrogens is 256 g/mol. The molecule has 0 amide bonds. The molecule has 0 bridgehead atoms. The van der Waals surface area contributed by atoms with Crippen molar-refractivity contribution in [3.63, 3.8) is 0 Å². The number of aliphatic hydroxyl groups is 1. The fourth-order valence-electron chi connectivity index (χ4n) is 2.39. The normalized spacial score (nSPS) is 18.2. The van der Waals surface area contributed by atoms with Crippen molar-refractivity contribution in [1.29, 1.82) is 0 Å². The highest BCUT2D eigenvalue weighted by molar-refractivity contribution is 7.99. The molecule has 1 fully saturated rings. The first-order valence-corrected chi connectivity index (χ1v) is 8.39. The van der Waals surface area contributed by atoms with Gasteiger partial charge in [0.2, 0.25) is 0 Å². The first-order valence-electron chi connectivity index (χ1n) is 7.24. The van der Waals surface area contributed by atoms with E-state index in [1.807, 2.05) is 23.9 Å². The van der Waals surface area contributed by atoms with Crippen molar-refractivity contribution in [2.24, 2.45) is 0 Å². The van der Waals surface area contributed by atoms with Crippen molar-refractivity contribution >= 4 is 11.8 Å². The second-order valence-electron chi connectivity index (χ2n) is 5.33. The van der Waals surface area contributed by atoms with Crippen LogP contribution in [-0.2, 0) is 6.42 Å². The zero-order valence-corrected chi connectivity index (χ0v) is 12.5. The molecule has 1 aliphatic rings. The van der Waals surface area contributed by atoms with Crippen molar-refractivity contribution < 1.29 is 9.84 Å². The van der Waals surface area contributed by atoms with Crippen LogP contribution in [-0.4, -0.2) is 28.8 Å². The monoisotopic (exact) mass is 280 g/mol. The topological polar surface area (TPSA) is 29.5 Å². The van der Waals surface area contributed by atoms with Crippen LogP contribution < -0.4 is 4.74 Å². The molecule has 1 aromatic rings. The van der Waals surface area contributed by atoms with E-state index < -0.39 is 5.60 Å². The van der Waals surface area contributed by atoms with Crippen LogP contribution in [0.1, 0.15) is 38.2 Å². The molecule has 0 atom stereocenters. The van der Waals surface area contributed by atoms with Crippen LogP contribution in [0.25, 0.3) is 0 Å². The molecule has 1 aliphatic heterocycles. The van der Waals surface area contributed by atoms with Gasteiger partial charge in [-0.25, -0.2) is 0 Å². The van der Waals surface area contributed by atoms with Gasteiger partial charge in [-0.2, -0.15) is 11.8 Å². The Kier molecular flexibility index (Phi) is 5.59. The molecule has 3 heteroatoms. The van der Waals surface area contributed by atoms with Crippen LogP contribution in [0.2, 0.25) is 0 Å². The van der Waals surface area contributed by atoms with Crippen molar-refractivity contribution in [2.75, 3.05) is 18.1 Å². The number of benzene rings is 1. The van der Waals surface area contributed by atoms with Gasteiger partial charge in [-0.15, -0.1) is 0 Å². The lowest BCUT2D eigenvalue weighted by Crippen LogP contribution is -2.33. The summed E-state index contributed by atoms with van der Waals surface area (Å²) in [6.07, 6.45) is 4.70. The molecule has 0 aromatic heterocycles. The Labute approximate surface area is 120 Å². The van der Waals surface area contributed by atoms with E-state index in [-0.39, 0.29) is 0 Å². The standard InChI is InChI=1S/C16H24O2S/c1-2-10-18-15-5-3-4-14(13-15)6-7-16(17)8-11-19-12-9-16/h3-5,13,17H,2,6-12H2,1H3. The average molecular weight is 280 g/mol. The zero-order valence-electron chi connectivity index (χ0n) is 11.7. The molecule has 0 unspecified atom stereocenters. The number of hydrogen-bond acceptors (Lipinski definition) is 3. The second kappa shape index (κ2) is 7.20. The van der Waals surface area contributed by atoms with Crippen LogP contribution in [0.3, 0.4) is 0 Å². The van der Waals surface area contributed by atoms with Gasteiger partial charge in [-0.05, 0) is 61.3 Å². The van der Waals surface area contributed by atoms with Crippen molar-refractivity contribution in [2.45, 2.75) is 44.6 Å². The van der Waals surface area contributed by atoms with E-state index >= 15 is 0 Å². The van der Waals surface area contributed by atoms with Gasteiger partial charge in [0.25, 0.3) is 0 Å². The van der Waals surface area contributed by atoms with Gasteiger partial charge in [0, 0.05) is 0 Å². The summed E-state index contributed by atoms with van der Waals surface area (Å²) in [5.74, 6) is 3.14. The summed E-state index contributed by atoms with van der Waals surface area (Å²) < 4.78 is 5.65. The SMILES string of the molecule is CCCOc1cccc(CCC2(O)CCSCC2)c1. The second-order valence-corrected chi connectivity index (χ2v) is 6.56. The van der Waals surface area contributed by atoms with Gasteiger partial charge < -0.3 is 9.84 Å². The van der Waals surface area contributed by atoms with Gasteiger partial charge >= 0.3 is 0 Å². The summed E-state index contributed by atoms with van der Waals surface area (Å²) in [5, 5.41) is 10.5. The third kappa shape index (κ3) is 4.73. The summed E-state index contributed by atoms with van der Waals surface area (Å²) in [4.78, 5) is 0. The van der Waals surface area contributed by atoms with Crippen LogP contribution >= 0.6 is 11.8 Å². The summed E-state index contributed by atoms with van der Waals surface area (Å²) in [6, 6.07) is 8.28. The molecule has 1 heterocycles. The fraction of sp³-hybridized carbons (Fsp3) is 0.625. The van der Waals surface area contributed by atoms with E-state index in [2.05, 4.69) is 19.1 Å². The quantitative estimate of drug-likeness (QED) is 0.862. The molecule has 19 heavy (non-hydrogen) atoms. The smallest absolute Gasteiger partial charge is 0.119 e. The zero-order chi connectivity index (χ0) is 13.6. The summed E-state index contributed by atoms with van der Waals surface area (Å²) in [5.41, 5.74) is 0.825. The highest BCUT2D eigenvalue weighted by Gasteiger charge is 2.28. The van der Waals surface area contributed by atoms with E-state index in [1.54, 1.807) is 0 Å². The van der Waals surface area contributed by atoms with Gasteiger partial charge in [-0.3, -0.25) is 0 Å². The summed E-state index contributed by atoms with van der Waals surface area (Å²) >= 11 is 1.95.